The molecule has 0 fully saturated rings. The van der Waals surface area contributed by atoms with Crippen LogP contribution in [0.5, 0.6) is 0 Å². The fraction of sp³-hybridized carbons (Fsp3) is 0.143. The Morgan fingerprint density at radius 1 is 1.27 bits per heavy atom. The van der Waals surface area contributed by atoms with Gasteiger partial charge in [0.25, 0.3) is 0 Å². The lowest BCUT2D eigenvalue weighted by atomic mass is 10.2. The molecule has 0 aliphatic rings. The predicted molar refractivity (Wildman–Crippen MR) is 56.6 cm³/mol. The van der Waals surface area contributed by atoms with Crippen molar-refractivity contribution in [3.05, 3.63) is 30.7 Å². The molecule has 11 heavy (non-hydrogen) atoms. The van der Waals surface area contributed by atoms with Gasteiger partial charge in [-0.25, -0.2) is 8.78 Å². The molecule has 0 unspecified atom stereocenters. The number of rotatable bonds is 1. The van der Waals surface area contributed by atoms with E-state index in [4.69, 9.17) is 0 Å². The summed E-state index contributed by atoms with van der Waals surface area (Å²) >= 11 is 3.80. The van der Waals surface area contributed by atoms with Crippen molar-refractivity contribution >= 4 is 45.2 Å². The van der Waals surface area contributed by atoms with E-state index in [2.05, 4.69) is 0 Å². The molecule has 1 aromatic rings. The summed E-state index contributed by atoms with van der Waals surface area (Å²) in [5.41, 5.74) is 0.450. The SMILES string of the molecule is FCc1c(I)ccc(F)c1I. The summed E-state index contributed by atoms with van der Waals surface area (Å²) in [6.07, 6.45) is 0. The zero-order valence-corrected chi connectivity index (χ0v) is 9.69. The highest BCUT2D eigenvalue weighted by Crippen LogP contribution is 2.22. The first kappa shape index (κ1) is 9.63. The first-order chi connectivity index (χ1) is 5.16. The largest absolute Gasteiger partial charge is 0.246 e. The van der Waals surface area contributed by atoms with Crippen molar-refractivity contribution in [1.82, 2.24) is 0 Å². The Morgan fingerprint density at radius 3 is 2.36 bits per heavy atom. The molecule has 4 heteroatoms. The van der Waals surface area contributed by atoms with Gasteiger partial charge in [-0.05, 0) is 57.3 Å². The van der Waals surface area contributed by atoms with Crippen molar-refractivity contribution in [3.8, 4) is 0 Å². The van der Waals surface area contributed by atoms with E-state index in [0.717, 1.165) is 3.57 Å². The molecule has 0 aromatic heterocycles. The van der Waals surface area contributed by atoms with Gasteiger partial charge in [0.1, 0.15) is 12.5 Å². The first-order valence-corrected chi connectivity index (χ1v) is 5.01. The van der Waals surface area contributed by atoms with Crippen molar-refractivity contribution in [2.75, 3.05) is 0 Å². The van der Waals surface area contributed by atoms with Gasteiger partial charge in [-0.3, -0.25) is 0 Å². The van der Waals surface area contributed by atoms with Crippen LogP contribution in [-0.2, 0) is 6.67 Å². The molecule has 1 rings (SSSR count). The topological polar surface area (TPSA) is 0 Å². The summed E-state index contributed by atoms with van der Waals surface area (Å²) in [7, 11) is 0. The third kappa shape index (κ3) is 2.01. The Kier molecular flexibility index (Phi) is 3.48. The monoisotopic (exact) mass is 380 g/mol. The van der Waals surface area contributed by atoms with Crippen LogP contribution in [0.15, 0.2) is 12.1 Å². The normalized spacial score (nSPS) is 10.2. The van der Waals surface area contributed by atoms with Gasteiger partial charge in [0.15, 0.2) is 0 Å². The molecule has 0 atom stereocenters. The van der Waals surface area contributed by atoms with Crippen molar-refractivity contribution in [2.24, 2.45) is 0 Å². The second-order valence-corrected chi connectivity index (χ2v) is 4.20. The molecule has 0 bridgehead atoms. The number of halogens is 4. The molecule has 0 spiro atoms. The van der Waals surface area contributed by atoms with Crippen LogP contribution in [0.2, 0.25) is 0 Å². The quantitative estimate of drug-likeness (QED) is 0.517. The maximum absolute atomic E-state index is 12.8. The highest BCUT2D eigenvalue weighted by molar-refractivity contribution is 14.1. The van der Waals surface area contributed by atoms with E-state index in [1.165, 1.54) is 6.07 Å². The Morgan fingerprint density at radius 2 is 1.91 bits per heavy atom. The van der Waals surface area contributed by atoms with E-state index in [1.54, 1.807) is 6.07 Å². The van der Waals surface area contributed by atoms with Crippen LogP contribution >= 0.6 is 45.2 Å². The molecular weight excluding hydrogens is 376 g/mol. The fourth-order valence-corrected chi connectivity index (χ4v) is 2.42. The van der Waals surface area contributed by atoms with Gasteiger partial charge in [0.2, 0.25) is 0 Å². The Labute approximate surface area is 90.7 Å². The van der Waals surface area contributed by atoms with Gasteiger partial charge >= 0.3 is 0 Å². The molecule has 0 N–H and O–H groups in total. The smallest absolute Gasteiger partial charge is 0.136 e. The average Bonchev–Trinajstić information content (AvgIpc) is 1.99. The van der Waals surface area contributed by atoms with Gasteiger partial charge in [-0.2, -0.15) is 0 Å². The minimum Gasteiger partial charge on any atom is -0.246 e. The van der Waals surface area contributed by atoms with E-state index in [9.17, 15) is 8.78 Å². The zero-order valence-electron chi connectivity index (χ0n) is 5.37. The maximum Gasteiger partial charge on any atom is 0.136 e. The number of hydrogen-bond donors (Lipinski definition) is 0. The third-order valence-corrected chi connectivity index (χ3v) is 3.45. The highest BCUT2D eigenvalue weighted by atomic mass is 127. The second-order valence-electron chi connectivity index (χ2n) is 1.96. The van der Waals surface area contributed by atoms with E-state index >= 15 is 0 Å². The van der Waals surface area contributed by atoms with E-state index < -0.39 is 6.67 Å². The van der Waals surface area contributed by atoms with Crippen molar-refractivity contribution < 1.29 is 8.78 Å². The summed E-state index contributed by atoms with van der Waals surface area (Å²) in [4.78, 5) is 0. The highest BCUT2D eigenvalue weighted by Gasteiger charge is 2.08. The third-order valence-electron chi connectivity index (χ3n) is 1.27. The van der Waals surface area contributed by atoms with Crippen LogP contribution < -0.4 is 0 Å². The molecule has 0 saturated carbocycles. The van der Waals surface area contributed by atoms with Gasteiger partial charge in [0.05, 0.1) is 3.57 Å². The number of benzene rings is 1. The van der Waals surface area contributed by atoms with Gasteiger partial charge in [0, 0.05) is 9.13 Å². The molecule has 60 valence electrons. The lowest BCUT2D eigenvalue weighted by molar-refractivity contribution is 0.478. The Balaban J connectivity index is 3.29. The lowest BCUT2D eigenvalue weighted by Gasteiger charge is -2.02. The minimum atomic E-state index is -0.603. The molecule has 0 radical (unpaired) electrons. The van der Waals surface area contributed by atoms with Gasteiger partial charge in [-0.1, -0.05) is 0 Å². The van der Waals surface area contributed by atoms with Crippen molar-refractivity contribution in [3.63, 3.8) is 0 Å². The molecule has 0 nitrogen and oxygen atoms in total. The number of hydrogen-bond acceptors (Lipinski definition) is 0. The predicted octanol–water partition coefficient (Wildman–Crippen LogP) is 3.50. The molecule has 0 aliphatic carbocycles. The van der Waals surface area contributed by atoms with Gasteiger partial charge < -0.3 is 0 Å². The summed E-state index contributed by atoms with van der Waals surface area (Å²) in [6.45, 7) is -0.603. The average molecular weight is 380 g/mol. The standard InChI is InChI=1S/C7H4F2I2/c8-3-4-6(10)2-1-5(9)7(4)11/h1-2H,3H2. The maximum atomic E-state index is 12.8. The Hall–Kier alpha value is 0.540. The van der Waals surface area contributed by atoms with Crippen LogP contribution in [0, 0.1) is 13.0 Å². The molecule has 0 saturated heterocycles. The molecule has 0 amide bonds. The molecule has 0 aliphatic heterocycles. The van der Waals surface area contributed by atoms with Crippen LogP contribution in [0.25, 0.3) is 0 Å². The number of alkyl halides is 1. The molecular formula is C7H4F2I2. The van der Waals surface area contributed by atoms with E-state index in [-0.39, 0.29) is 5.82 Å². The van der Waals surface area contributed by atoms with Crippen LogP contribution in [0.3, 0.4) is 0 Å². The molecule has 1 aromatic carbocycles. The van der Waals surface area contributed by atoms with E-state index in [0.29, 0.717) is 9.13 Å². The summed E-state index contributed by atoms with van der Waals surface area (Å²) < 4.78 is 26.2. The molecule has 0 heterocycles. The Bertz CT molecular complexity index is 273. The lowest BCUT2D eigenvalue weighted by Crippen LogP contribution is -1.93. The van der Waals surface area contributed by atoms with Crippen molar-refractivity contribution in [2.45, 2.75) is 6.67 Å². The van der Waals surface area contributed by atoms with Crippen LogP contribution in [0.4, 0.5) is 8.78 Å². The fourth-order valence-electron chi connectivity index (χ4n) is 0.692. The zero-order chi connectivity index (χ0) is 8.43. The first-order valence-electron chi connectivity index (χ1n) is 2.85. The van der Waals surface area contributed by atoms with Crippen molar-refractivity contribution in [1.29, 1.82) is 0 Å². The summed E-state index contributed by atoms with van der Waals surface area (Å²) in [6, 6.07) is 2.93. The summed E-state index contributed by atoms with van der Waals surface area (Å²) in [5.74, 6) is -0.348. The summed E-state index contributed by atoms with van der Waals surface area (Å²) in [5, 5.41) is 0. The van der Waals surface area contributed by atoms with Crippen LogP contribution in [0.1, 0.15) is 5.56 Å². The van der Waals surface area contributed by atoms with Gasteiger partial charge in [-0.15, -0.1) is 0 Å². The van der Waals surface area contributed by atoms with Crippen LogP contribution in [-0.4, -0.2) is 0 Å². The second kappa shape index (κ2) is 3.97. The van der Waals surface area contributed by atoms with E-state index in [1.807, 2.05) is 45.2 Å². The minimum absolute atomic E-state index is 0.348.